The van der Waals surface area contributed by atoms with Gasteiger partial charge in [0.05, 0.1) is 5.60 Å². The van der Waals surface area contributed by atoms with Crippen molar-refractivity contribution in [3.63, 3.8) is 0 Å². The summed E-state index contributed by atoms with van der Waals surface area (Å²) in [6.07, 6.45) is 3.55. The second-order valence-corrected chi connectivity index (χ2v) is 10.8. The first-order valence-corrected chi connectivity index (χ1v) is 11.5. The van der Waals surface area contributed by atoms with Crippen molar-refractivity contribution < 1.29 is 30.0 Å². The number of aliphatic hydroxyl groups is 3. The van der Waals surface area contributed by atoms with E-state index in [2.05, 4.69) is 19.2 Å². The molecule has 2 bridgehead atoms. The fourth-order valence-electron chi connectivity index (χ4n) is 6.70. The van der Waals surface area contributed by atoms with Crippen LogP contribution in [0.1, 0.15) is 80.8 Å². The van der Waals surface area contributed by atoms with E-state index < -0.39 is 29.3 Å². The lowest BCUT2D eigenvalue weighted by Crippen LogP contribution is -2.72. The van der Waals surface area contributed by atoms with Gasteiger partial charge < -0.3 is 30.5 Å². The summed E-state index contributed by atoms with van der Waals surface area (Å²) < 4.78 is 6.16. The zero-order valence-corrected chi connectivity index (χ0v) is 18.2. The molecule has 5 atom stereocenters. The van der Waals surface area contributed by atoms with Crippen molar-refractivity contribution in [1.29, 1.82) is 0 Å². The standard InChI is InChI=1S/C24H33NO6/c1-22(2)13-11-16(22)24(30)17(12-13)31-19-14(20(24)27)5-6-15(26)18(19)21(28)25-10-9-23(29)7-3-4-8-23/h5-6,13,16-17,20,26-27,29-30H,3-4,7-12H2,1-2H3,(H,25,28)/t13-,16-,17-,20+,24-/m1/s1. The second-order valence-electron chi connectivity index (χ2n) is 10.8. The SMILES string of the molecule is CC1(C)[C@@H]2C[C@H]1[C@@]1(O)[C@@H](C2)Oc2c(ccc(O)c2C(=O)NCCC2(O)CCCC2)[C@@H]1O. The Morgan fingerprint density at radius 1 is 1.19 bits per heavy atom. The number of hydrogen-bond donors (Lipinski definition) is 5. The van der Waals surface area contributed by atoms with Crippen LogP contribution < -0.4 is 10.1 Å². The number of ether oxygens (including phenoxy) is 1. The van der Waals surface area contributed by atoms with Crippen molar-refractivity contribution in [1.82, 2.24) is 5.32 Å². The number of amides is 1. The first-order valence-electron chi connectivity index (χ1n) is 11.5. The van der Waals surface area contributed by atoms with Crippen LogP contribution in [0.4, 0.5) is 0 Å². The highest BCUT2D eigenvalue weighted by Gasteiger charge is 2.69. The van der Waals surface area contributed by atoms with Crippen molar-refractivity contribution in [2.75, 3.05) is 6.54 Å². The molecule has 0 aromatic heterocycles. The minimum Gasteiger partial charge on any atom is -0.507 e. The van der Waals surface area contributed by atoms with Gasteiger partial charge in [0.25, 0.3) is 5.91 Å². The number of hydrogen-bond acceptors (Lipinski definition) is 6. The molecular weight excluding hydrogens is 398 g/mol. The Morgan fingerprint density at radius 3 is 2.58 bits per heavy atom. The maximum Gasteiger partial charge on any atom is 0.258 e. The molecule has 0 unspecified atom stereocenters. The summed E-state index contributed by atoms with van der Waals surface area (Å²) in [4.78, 5) is 13.0. The third-order valence-electron chi connectivity index (χ3n) is 8.84. The summed E-state index contributed by atoms with van der Waals surface area (Å²) in [6.45, 7) is 4.53. The molecule has 7 nitrogen and oxygen atoms in total. The smallest absolute Gasteiger partial charge is 0.258 e. The van der Waals surface area contributed by atoms with Gasteiger partial charge in [-0.05, 0) is 61.5 Å². The quantitative estimate of drug-likeness (QED) is 0.500. The molecule has 1 amide bonds. The lowest BCUT2D eigenvalue weighted by atomic mass is 9.42. The van der Waals surface area contributed by atoms with Crippen molar-refractivity contribution in [3.8, 4) is 11.5 Å². The van der Waals surface area contributed by atoms with Crippen LogP contribution in [-0.2, 0) is 0 Å². The van der Waals surface area contributed by atoms with Crippen LogP contribution in [-0.4, -0.2) is 50.2 Å². The zero-order chi connectivity index (χ0) is 22.2. The molecule has 0 radical (unpaired) electrons. The second kappa shape index (κ2) is 6.83. The molecule has 0 spiro atoms. The van der Waals surface area contributed by atoms with Gasteiger partial charge >= 0.3 is 0 Å². The lowest BCUT2D eigenvalue weighted by Gasteiger charge is -2.67. The maximum absolute atomic E-state index is 13.0. The van der Waals surface area contributed by atoms with E-state index in [4.69, 9.17) is 4.74 Å². The van der Waals surface area contributed by atoms with Crippen molar-refractivity contribution >= 4 is 5.91 Å². The zero-order valence-electron chi connectivity index (χ0n) is 18.2. The number of carbonyl (C=O) groups excluding carboxylic acids is 1. The van der Waals surface area contributed by atoms with E-state index in [-0.39, 0.29) is 34.9 Å². The fraction of sp³-hybridized carbons (Fsp3) is 0.708. The summed E-state index contributed by atoms with van der Waals surface area (Å²) in [5.41, 5.74) is -1.91. The maximum atomic E-state index is 13.0. The van der Waals surface area contributed by atoms with Crippen LogP contribution >= 0.6 is 0 Å². The number of aromatic hydroxyl groups is 1. The number of phenols is 1. The van der Waals surface area contributed by atoms with E-state index in [0.717, 1.165) is 32.1 Å². The lowest BCUT2D eigenvalue weighted by molar-refractivity contribution is -0.289. The Morgan fingerprint density at radius 2 is 1.90 bits per heavy atom. The number of nitrogens with one attached hydrogen (secondary N) is 1. The number of phenolic OH excluding ortho intramolecular Hbond substituents is 1. The van der Waals surface area contributed by atoms with Crippen LogP contribution in [0.5, 0.6) is 11.5 Å². The average Bonchev–Trinajstić information content (AvgIpc) is 3.14. The van der Waals surface area contributed by atoms with Crippen molar-refractivity contribution in [2.24, 2.45) is 17.3 Å². The van der Waals surface area contributed by atoms with E-state index in [1.165, 1.54) is 12.1 Å². The van der Waals surface area contributed by atoms with E-state index >= 15 is 0 Å². The number of fused-ring (bicyclic) bond motifs is 1. The van der Waals surface area contributed by atoms with Gasteiger partial charge in [-0.3, -0.25) is 4.79 Å². The van der Waals surface area contributed by atoms with E-state index in [1.807, 2.05) is 0 Å². The van der Waals surface area contributed by atoms with Crippen molar-refractivity contribution in [2.45, 2.75) is 82.2 Å². The van der Waals surface area contributed by atoms with Gasteiger partial charge in [0, 0.05) is 12.1 Å². The minimum absolute atomic E-state index is 0.0180. The molecule has 1 aromatic rings. The predicted octanol–water partition coefficient (Wildman–Crippen LogP) is 2.41. The van der Waals surface area contributed by atoms with Crippen molar-refractivity contribution in [3.05, 3.63) is 23.3 Å². The average molecular weight is 432 g/mol. The molecule has 1 aromatic carbocycles. The first kappa shape index (κ1) is 21.0. The van der Waals surface area contributed by atoms with Crippen LogP contribution in [0, 0.1) is 17.3 Å². The Balaban J connectivity index is 1.41. The molecule has 5 aliphatic rings. The van der Waals surface area contributed by atoms with E-state index in [1.54, 1.807) is 0 Å². The molecule has 4 aliphatic carbocycles. The molecule has 1 aliphatic heterocycles. The monoisotopic (exact) mass is 431 g/mol. The van der Waals surface area contributed by atoms with Crippen LogP contribution in [0.15, 0.2) is 12.1 Å². The van der Waals surface area contributed by atoms with Gasteiger partial charge in [0.15, 0.2) is 0 Å². The van der Waals surface area contributed by atoms with Gasteiger partial charge in [0.1, 0.15) is 34.9 Å². The number of carbonyl (C=O) groups is 1. The highest BCUT2D eigenvalue weighted by Crippen LogP contribution is 2.67. The number of rotatable bonds is 4. The summed E-state index contributed by atoms with van der Waals surface area (Å²) in [5.74, 6) is -0.286. The fourth-order valence-corrected chi connectivity index (χ4v) is 6.70. The van der Waals surface area contributed by atoms with E-state index in [0.29, 0.717) is 24.3 Å². The molecule has 6 rings (SSSR count). The van der Waals surface area contributed by atoms with Gasteiger partial charge in [-0.15, -0.1) is 0 Å². The molecule has 4 saturated carbocycles. The largest absolute Gasteiger partial charge is 0.507 e. The molecule has 5 N–H and O–H groups in total. The van der Waals surface area contributed by atoms with Gasteiger partial charge in [0.2, 0.25) is 0 Å². The Bertz CT molecular complexity index is 908. The normalized spacial score (nSPS) is 36.5. The van der Waals surface area contributed by atoms with Crippen LogP contribution in [0.2, 0.25) is 0 Å². The highest BCUT2D eigenvalue weighted by atomic mass is 16.5. The molecular formula is C24H33NO6. The Hall–Kier alpha value is -1.83. The van der Waals surface area contributed by atoms with Gasteiger partial charge in [-0.25, -0.2) is 0 Å². The van der Waals surface area contributed by atoms with Gasteiger partial charge in [-0.1, -0.05) is 26.7 Å². The minimum atomic E-state index is -1.41. The topological polar surface area (TPSA) is 119 Å². The molecule has 170 valence electrons. The molecule has 4 fully saturated rings. The Labute approximate surface area is 182 Å². The molecule has 1 heterocycles. The predicted molar refractivity (Wildman–Crippen MR) is 113 cm³/mol. The number of benzene rings is 1. The molecule has 7 heteroatoms. The van der Waals surface area contributed by atoms with E-state index in [9.17, 15) is 25.2 Å². The summed E-state index contributed by atoms with van der Waals surface area (Å²) >= 11 is 0. The third kappa shape index (κ3) is 2.93. The van der Waals surface area contributed by atoms with Crippen LogP contribution in [0.3, 0.4) is 0 Å². The molecule has 31 heavy (non-hydrogen) atoms. The Kier molecular flexibility index (Phi) is 4.64. The summed E-state index contributed by atoms with van der Waals surface area (Å²) in [7, 11) is 0. The third-order valence-corrected chi connectivity index (χ3v) is 8.84. The van der Waals surface area contributed by atoms with Crippen LogP contribution in [0.25, 0.3) is 0 Å². The highest BCUT2D eigenvalue weighted by molar-refractivity contribution is 6.00. The summed E-state index contributed by atoms with van der Waals surface area (Å²) in [6, 6.07) is 2.89. The summed E-state index contributed by atoms with van der Waals surface area (Å²) in [5, 5.41) is 46.5. The van der Waals surface area contributed by atoms with Gasteiger partial charge in [-0.2, -0.15) is 0 Å². The number of aliphatic hydroxyl groups excluding tert-OH is 1. The molecule has 0 saturated heterocycles. The first-order chi connectivity index (χ1) is 14.6.